The summed E-state index contributed by atoms with van der Waals surface area (Å²) < 4.78 is 0. The van der Waals surface area contributed by atoms with Gasteiger partial charge in [-0.15, -0.1) is 11.8 Å². The Kier molecular flexibility index (Phi) is 4.20. The van der Waals surface area contributed by atoms with Gasteiger partial charge in [-0.1, -0.05) is 35.4 Å². The topological polar surface area (TPSA) is 26.0 Å². The lowest BCUT2D eigenvalue weighted by Gasteiger charge is -2.08. The average Bonchev–Trinajstić information content (AvgIpc) is 2.34. The number of hydrogen-bond acceptors (Lipinski definition) is 2. The fraction of sp³-hybridized carbons (Fsp3) is 0.200. The van der Waals surface area contributed by atoms with E-state index in [9.17, 15) is 0 Å². The molecule has 0 spiro atoms. The largest absolute Gasteiger partial charge is 0.398 e. The van der Waals surface area contributed by atoms with Gasteiger partial charge in [0.2, 0.25) is 0 Å². The van der Waals surface area contributed by atoms with Gasteiger partial charge in [0.15, 0.2) is 0 Å². The van der Waals surface area contributed by atoms with Crippen LogP contribution in [0.2, 0.25) is 5.02 Å². The van der Waals surface area contributed by atoms with Crippen molar-refractivity contribution in [2.75, 3.05) is 5.73 Å². The van der Waals surface area contributed by atoms with Crippen LogP contribution in [0.5, 0.6) is 0 Å². The van der Waals surface area contributed by atoms with Crippen LogP contribution in [-0.4, -0.2) is 0 Å². The summed E-state index contributed by atoms with van der Waals surface area (Å²) in [5.74, 6) is 0.908. The van der Waals surface area contributed by atoms with Gasteiger partial charge in [-0.25, -0.2) is 0 Å². The molecule has 0 radical (unpaired) electrons. The summed E-state index contributed by atoms with van der Waals surface area (Å²) >= 11 is 7.74. The molecule has 3 heteroatoms. The Bertz CT molecular complexity index is 566. The van der Waals surface area contributed by atoms with Crippen molar-refractivity contribution in [1.29, 1.82) is 0 Å². The number of hydrogen-bond donors (Lipinski definition) is 1. The van der Waals surface area contributed by atoms with Crippen LogP contribution in [0.4, 0.5) is 5.69 Å². The monoisotopic (exact) mass is 277 g/mol. The van der Waals surface area contributed by atoms with Gasteiger partial charge in [-0.05, 0) is 43.2 Å². The predicted octanol–water partition coefficient (Wildman–Crippen LogP) is 4.83. The number of nitrogens with two attached hydrogens (primary N) is 1. The Morgan fingerprint density at radius 3 is 2.61 bits per heavy atom. The van der Waals surface area contributed by atoms with Gasteiger partial charge in [0, 0.05) is 10.6 Å². The molecule has 2 aromatic carbocycles. The molecule has 0 aliphatic carbocycles. The molecule has 0 bridgehead atoms. The van der Waals surface area contributed by atoms with Gasteiger partial charge in [-0.2, -0.15) is 0 Å². The highest BCUT2D eigenvalue weighted by Gasteiger charge is 2.02. The summed E-state index contributed by atoms with van der Waals surface area (Å²) in [7, 11) is 0. The van der Waals surface area contributed by atoms with Gasteiger partial charge < -0.3 is 5.73 Å². The minimum absolute atomic E-state index is 0.621. The number of benzene rings is 2. The van der Waals surface area contributed by atoms with E-state index in [1.165, 1.54) is 21.6 Å². The van der Waals surface area contributed by atoms with Crippen LogP contribution in [0.25, 0.3) is 0 Å². The molecule has 0 atom stereocenters. The van der Waals surface area contributed by atoms with Crippen LogP contribution in [-0.2, 0) is 5.75 Å². The minimum Gasteiger partial charge on any atom is -0.398 e. The molecule has 2 N–H and O–H groups in total. The Balaban J connectivity index is 2.11. The normalized spacial score (nSPS) is 10.6. The predicted molar refractivity (Wildman–Crippen MR) is 81.3 cm³/mol. The zero-order valence-corrected chi connectivity index (χ0v) is 12.1. The molecule has 2 aromatic rings. The molecule has 0 amide bonds. The highest BCUT2D eigenvalue weighted by atomic mass is 35.5. The minimum atomic E-state index is 0.621. The fourth-order valence-corrected chi connectivity index (χ4v) is 2.89. The summed E-state index contributed by atoms with van der Waals surface area (Å²) in [5, 5.41) is 0.621. The van der Waals surface area contributed by atoms with Crippen LogP contribution in [0.3, 0.4) is 0 Å². The fourth-order valence-electron chi connectivity index (χ4n) is 1.71. The zero-order chi connectivity index (χ0) is 13.1. The van der Waals surface area contributed by atoms with Gasteiger partial charge in [-0.3, -0.25) is 0 Å². The number of rotatable bonds is 3. The lowest BCUT2D eigenvalue weighted by atomic mass is 10.2. The van der Waals surface area contributed by atoms with Crippen LogP contribution in [0, 0.1) is 13.8 Å². The Hall–Kier alpha value is -1.12. The quantitative estimate of drug-likeness (QED) is 0.642. The highest BCUT2D eigenvalue weighted by Crippen LogP contribution is 2.28. The average molecular weight is 278 g/mol. The standard InChI is InChI=1S/C15H16ClNS/c1-10-3-4-11(2)15(7-10)18-9-12-5-6-13(16)14(17)8-12/h3-8H,9,17H2,1-2H3. The van der Waals surface area contributed by atoms with E-state index in [1.807, 2.05) is 30.0 Å². The van der Waals surface area contributed by atoms with Gasteiger partial charge in [0.1, 0.15) is 0 Å². The molecule has 18 heavy (non-hydrogen) atoms. The molecular formula is C15H16ClNS. The van der Waals surface area contributed by atoms with Crippen molar-refractivity contribution in [3.05, 3.63) is 58.1 Å². The second-order valence-electron chi connectivity index (χ2n) is 4.41. The number of thioether (sulfide) groups is 1. The number of anilines is 1. The molecular weight excluding hydrogens is 262 g/mol. The maximum absolute atomic E-state index is 5.91. The summed E-state index contributed by atoms with van der Waals surface area (Å²) in [6.45, 7) is 4.25. The summed E-state index contributed by atoms with van der Waals surface area (Å²) in [4.78, 5) is 1.32. The van der Waals surface area contributed by atoms with E-state index in [1.54, 1.807) is 0 Å². The summed E-state index contributed by atoms with van der Waals surface area (Å²) in [6.07, 6.45) is 0. The summed E-state index contributed by atoms with van der Waals surface area (Å²) in [6, 6.07) is 12.3. The summed E-state index contributed by atoms with van der Waals surface area (Å²) in [5.41, 5.74) is 10.3. The van der Waals surface area contributed by atoms with E-state index < -0.39 is 0 Å². The lowest BCUT2D eigenvalue weighted by Crippen LogP contribution is -1.89. The molecule has 2 rings (SSSR count). The van der Waals surface area contributed by atoms with Gasteiger partial charge in [0.05, 0.1) is 10.7 Å². The first-order valence-electron chi connectivity index (χ1n) is 5.80. The third-order valence-electron chi connectivity index (χ3n) is 2.80. The zero-order valence-electron chi connectivity index (χ0n) is 10.5. The van der Waals surface area contributed by atoms with Crippen molar-refractivity contribution in [2.45, 2.75) is 24.5 Å². The first kappa shape index (κ1) is 13.3. The molecule has 0 aromatic heterocycles. The van der Waals surface area contributed by atoms with E-state index >= 15 is 0 Å². The molecule has 0 saturated carbocycles. The third-order valence-corrected chi connectivity index (χ3v) is 4.37. The number of halogens is 1. The smallest absolute Gasteiger partial charge is 0.0635 e. The molecule has 0 heterocycles. The van der Waals surface area contributed by atoms with E-state index in [-0.39, 0.29) is 0 Å². The molecule has 0 aliphatic heterocycles. The third kappa shape index (κ3) is 3.21. The van der Waals surface area contributed by atoms with Crippen molar-refractivity contribution in [1.82, 2.24) is 0 Å². The van der Waals surface area contributed by atoms with E-state index in [0.717, 1.165) is 5.75 Å². The van der Waals surface area contributed by atoms with E-state index in [0.29, 0.717) is 10.7 Å². The highest BCUT2D eigenvalue weighted by molar-refractivity contribution is 7.98. The maximum Gasteiger partial charge on any atom is 0.0635 e. The maximum atomic E-state index is 5.91. The number of aryl methyl sites for hydroxylation is 2. The number of nitrogen functional groups attached to an aromatic ring is 1. The molecule has 1 nitrogen and oxygen atoms in total. The molecule has 0 aliphatic rings. The van der Waals surface area contributed by atoms with Crippen molar-refractivity contribution in [3.8, 4) is 0 Å². The van der Waals surface area contributed by atoms with Crippen LogP contribution in [0.1, 0.15) is 16.7 Å². The van der Waals surface area contributed by atoms with Gasteiger partial charge >= 0.3 is 0 Å². The van der Waals surface area contributed by atoms with E-state index in [4.69, 9.17) is 17.3 Å². The first-order valence-corrected chi connectivity index (χ1v) is 7.16. The van der Waals surface area contributed by atoms with Crippen LogP contribution in [0.15, 0.2) is 41.3 Å². The Labute approximate surface area is 117 Å². The van der Waals surface area contributed by atoms with Crippen molar-refractivity contribution < 1.29 is 0 Å². The van der Waals surface area contributed by atoms with Gasteiger partial charge in [0.25, 0.3) is 0 Å². The van der Waals surface area contributed by atoms with Crippen molar-refractivity contribution in [2.24, 2.45) is 0 Å². The molecule has 94 valence electrons. The second kappa shape index (κ2) is 5.68. The second-order valence-corrected chi connectivity index (χ2v) is 5.84. The SMILES string of the molecule is Cc1ccc(C)c(SCc2ccc(Cl)c(N)c2)c1. The molecule has 0 unspecified atom stereocenters. The molecule has 0 saturated heterocycles. The van der Waals surface area contributed by atoms with Crippen molar-refractivity contribution >= 4 is 29.1 Å². The Morgan fingerprint density at radius 1 is 1.11 bits per heavy atom. The van der Waals surface area contributed by atoms with E-state index in [2.05, 4.69) is 32.0 Å². The lowest BCUT2D eigenvalue weighted by molar-refractivity contribution is 1.25. The van der Waals surface area contributed by atoms with Crippen LogP contribution < -0.4 is 5.73 Å². The Morgan fingerprint density at radius 2 is 1.89 bits per heavy atom. The first-order chi connectivity index (χ1) is 8.56. The van der Waals surface area contributed by atoms with Crippen molar-refractivity contribution in [3.63, 3.8) is 0 Å². The molecule has 0 fully saturated rings. The van der Waals surface area contributed by atoms with Crippen LogP contribution >= 0.6 is 23.4 Å².